The zero-order chi connectivity index (χ0) is 18.2. The van der Waals surface area contributed by atoms with Crippen LogP contribution >= 0.6 is 0 Å². The van der Waals surface area contributed by atoms with Gasteiger partial charge in [-0.1, -0.05) is 18.2 Å². The van der Waals surface area contributed by atoms with Crippen molar-refractivity contribution in [1.82, 2.24) is 0 Å². The van der Waals surface area contributed by atoms with Crippen LogP contribution in [0.3, 0.4) is 0 Å². The SMILES string of the molecule is CCOC(=O)CC(C)N(C(=O)OC(C)(OC)OC)c1ccccc1. The van der Waals surface area contributed by atoms with Crippen LogP contribution in [0.25, 0.3) is 0 Å². The minimum absolute atomic E-state index is 0.0362. The third-order valence-electron chi connectivity index (χ3n) is 3.45. The van der Waals surface area contributed by atoms with Crippen LogP contribution in [0.4, 0.5) is 10.5 Å². The van der Waals surface area contributed by atoms with Gasteiger partial charge in [0.2, 0.25) is 0 Å². The molecule has 0 aliphatic carbocycles. The van der Waals surface area contributed by atoms with Gasteiger partial charge >= 0.3 is 18.0 Å². The minimum Gasteiger partial charge on any atom is -0.466 e. The van der Waals surface area contributed by atoms with Crippen LogP contribution in [0, 0.1) is 0 Å². The maximum atomic E-state index is 12.6. The van der Waals surface area contributed by atoms with Crippen molar-refractivity contribution in [2.24, 2.45) is 0 Å². The molecule has 0 saturated carbocycles. The van der Waals surface area contributed by atoms with Gasteiger partial charge in [0.05, 0.1) is 13.0 Å². The van der Waals surface area contributed by atoms with E-state index in [0.29, 0.717) is 5.69 Å². The van der Waals surface area contributed by atoms with E-state index >= 15 is 0 Å². The summed E-state index contributed by atoms with van der Waals surface area (Å²) >= 11 is 0. The highest BCUT2D eigenvalue weighted by Crippen LogP contribution is 2.23. The molecule has 1 amide bonds. The number of para-hydroxylation sites is 1. The molecule has 0 heterocycles. The van der Waals surface area contributed by atoms with Crippen LogP contribution in [-0.4, -0.2) is 44.9 Å². The fourth-order valence-corrected chi connectivity index (χ4v) is 2.06. The number of rotatable bonds is 8. The van der Waals surface area contributed by atoms with Crippen molar-refractivity contribution >= 4 is 17.7 Å². The molecule has 1 aromatic carbocycles. The Bertz CT molecular complexity index is 529. The van der Waals surface area contributed by atoms with E-state index < -0.39 is 18.1 Å². The van der Waals surface area contributed by atoms with Crippen molar-refractivity contribution in [3.8, 4) is 0 Å². The third kappa shape index (κ3) is 5.50. The van der Waals surface area contributed by atoms with E-state index in [1.807, 2.05) is 6.07 Å². The van der Waals surface area contributed by atoms with Crippen molar-refractivity contribution in [3.05, 3.63) is 30.3 Å². The Morgan fingerprint density at radius 3 is 2.25 bits per heavy atom. The lowest BCUT2D eigenvalue weighted by Gasteiger charge is -2.32. The first-order chi connectivity index (χ1) is 11.4. The number of anilines is 1. The summed E-state index contributed by atoms with van der Waals surface area (Å²) in [5.74, 6) is -1.91. The number of esters is 1. The lowest BCUT2D eigenvalue weighted by Crippen LogP contribution is -2.46. The van der Waals surface area contributed by atoms with E-state index in [2.05, 4.69) is 0 Å². The van der Waals surface area contributed by atoms with Gasteiger partial charge in [-0.2, -0.15) is 0 Å². The predicted molar refractivity (Wildman–Crippen MR) is 88.5 cm³/mol. The van der Waals surface area contributed by atoms with E-state index in [9.17, 15) is 9.59 Å². The largest absolute Gasteiger partial charge is 0.466 e. The number of amides is 1. The Labute approximate surface area is 142 Å². The summed E-state index contributed by atoms with van der Waals surface area (Å²) in [4.78, 5) is 25.8. The minimum atomic E-state index is -1.52. The summed E-state index contributed by atoms with van der Waals surface area (Å²) in [5, 5.41) is 0. The first-order valence-electron chi connectivity index (χ1n) is 7.70. The Kier molecular flexibility index (Phi) is 7.67. The molecule has 7 heteroatoms. The van der Waals surface area contributed by atoms with Crippen molar-refractivity contribution in [2.45, 2.75) is 39.2 Å². The summed E-state index contributed by atoms with van der Waals surface area (Å²) in [6, 6.07) is 8.44. The number of nitrogens with zero attached hydrogens (tertiary/aromatic N) is 1. The number of hydrogen-bond acceptors (Lipinski definition) is 6. The second kappa shape index (κ2) is 9.24. The number of methoxy groups -OCH3 is 2. The number of carbonyl (C=O) groups excluding carboxylic acids is 2. The van der Waals surface area contributed by atoms with Crippen LogP contribution in [0.1, 0.15) is 27.2 Å². The van der Waals surface area contributed by atoms with E-state index in [-0.39, 0.29) is 19.0 Å². The van der Waals surface area contributed by atoms with E-state index in [1.165, 1.54) is 26.0 Å². The average Bonchev–Trinajstić information content (AvgIpc) is 2.56. The molecule has 0 radical (unpaired) electrons. The molecule has 0 aliphatic rings. The molecule has 0 bridgehead atoms. The number of ether oxygens (including phenoxy) is 4. The number of benzene rings is 1. The highest BCUT2D eigenvalue weighted by molar-refractivity contribution is 5.89. The van der Waals surface area contributed by atoms with Crippen LogP contribution in [0.2, 0.25) is 0 Å². The van der Waals surface area contributed by atoms with Crippen molar-refractivity contribution < 1.29 is 28.5 Å². The molecule has 0 spiro atoms. The summed E-state index contributed by atoms with van der Waals surface area (Å²) in [5.41, 5.74) is 0.592. The first-order valence-corrected chi connectivity index (χ1v) is 7.70. The predicted octanol–water partition coefficient (Wildman–Crippen LogP) is 2.94. The normalized spacial score (nSPS) is 12.4. The fraction of sp³-hybridized carbons (Fsp3) is 0.529. The topological polar surface area (TPSA) is 74.3 Å². The maximum Gasteiger partial charge on any atom is 0.418 e. The Hall–Kier alpha value is -2.12. The Morgan fingerprint density at radius 1 is 1.17 bits per heavy atom. The molecular weight excluding hydrogens is 314 g/mol. The first kappa shape index (κ1) is 19.9. The molecule has 0 saturated heterocycles. The molecule has 0 fully saturated rings. The highest BCUT2D eigenvalue weighted by atomic mass is 16.9. The summed E-state index contributed by atoms with van der Waals surface area (Å²) in [6.45, 7) is 5.23. The van der Waals surface area contributed by atoms with Crippen molar-refractivity contribution in [1.29, 1.82) is 0 Å². The van der Waals surface area contributed by atoms with Crippen LogP contribution in [0.5, 0.6) is 0 Å². The molecule has 1 atom stereocenters. The molecule has 1 aromatic rings. The Balaban J connectivity index is 3.01. The lowest BCUT2D eigenvalue weighted by atomic mass is 10.2. The van der Waals surface area contributed by atoms with Gasteiger partial charge in [0.25, 0.3) is 0 Å². The molecular formula is C17H25NO6. The fourth-order valence-electron chi connectivity index (χ4n) is 2.06. The van der Waals surface area contributed by atoms with Gasteiger partial charge in [-0.15, -0.1) is 0 Å². The van der Waals surface area contributed by atoms with Crippen LogP contribution in [-0.2, 0) is 23.7 Å². The molecule has 134 valence electrons. The second-order valence-electron chi connectivity index (χ2n) is 5.20. The van der Waals surface area contributed by atoms with Crippen LogP contribution < -0.4 is 4.90 Å². The van der Waals surface area contributed by atoms with Gasteiger partial charge < -0.3 is 18.9 Å². The van der Waals surface area contributed by atoms with Crippen LogP contribution in [0.15, 0.2) is 30.3 Å². The summed E-state index contributed by atoms with van der Waals surface area (Å²) < 4.78 is 20.4. The molecule has 1 unspecified atom stereocenters. The number of carbonyl (C=O) groups is 2. The summed E-state index contributed by atoms with van der Waals surface area (Å²) in [6.07, 6.45) is -0.654. The molecule has 0 aliphatic heterocycles. The molecule has 1 rings (SSSR count). The average molecular weight is 339 g/mol. The quantitative estimate of drug-likeness (QED) is 0.535. The summed E-state index contributed by atoms with van der Waals surface area (Å²) in [7, 11) is 2.73. The molecule has 7 nitrogen and oxygen atoms in total. The smallest absolute Gasteiger partial charge is 0.418 e. The van der Waals surface area contributed by atoms with Crippen molar-refractivity contribution in [3.63, 3.8) is 0 Å². The second-order valence-corrected chi connectivity index (χ2v) is 5.20. The van der Waals surface area contributed by atoms with Crippen molar-refractivity contribution in [2.75, 3.05) is 25.7 Å². The Morgan fingerprint density at radius 2 is 1.75 bits per heavy atom. The lowest BCUT2D eigenvalue weighted by molar-refractivity contribution is -0.322. The van der Waals surface area contributed by atoms with E-state index in [4.69, 9.17) is 18.9 Å². The third-order valence-corrected chi connectivity index (χ3v) is 3.45. The standard InChI is InChI=1S/C17H25NO6/c1-6-23-15(19)12-13(2)18(14-10-8-7-9-11-14)16(20)24-17(3,21-4)22-5/h7-11,13H,6,12H2,1-5H3. The molecule has 0 N–H and O–H groups in total. The number of hydrogen-bond donors (Lipinski definition) is 0. The zero-order valence-corrected chi connectivity index (χ0v) is 14.8. The monoisotopic (exact) mass is 339 g/mol. The van der Waals surface area contributed by atoms with Gasteiger partial charge in [-0.05, 0) is 26.0 Å². The van der Waals surface area contributed by atoms with E-state index in [1.54, 1.807) is 38.1 Å². The molecule has 0 aromatic heterocycles. The molecule has 24 heavy (non-hydrogen) atoms. The van der Waals surface area contributed by atoms with Gasteiger partial charge in [0.15, 0.2) is 0 Å². The van der Waals surface area contributed by atoms with Gasteiger partial charge in [-0.3, -0.25) is 9.69 Å². The zero-order valence-electron chi connectivity index (χ0n) is 14.8. The van der Waals surface area contributed by atoms with Gasteiger partial charge in [0.1, 0.15) is 0 Å². The highest BCUT2D eigenvalue weighted by Gasteiger charge is 2.34. The van der Waals surface area contributed by atoms with Gasteiger partial charge in [0, 0.05) is 32.9 Å². The van der Waals surface area contributed by atoms with Gasteiger partial charge in [-0.25, -0.2) is 4.79 Å². The van der Waals surface area contributed by atoms with E-state index in [0.717, 1.165) is 0 Å². The maximum absolute atomic E-state index is 12.6.